The fraction of sp³-hybridized carbons (Fsp3) is 0.0545. The maximum atomic E-state index is 5.39. The number of hydrogen-bond donors (Lipinski definition) is 0. The first-order valence-electron chi connectivity index (χ1n) is 19.7. The van der Waals surface area contributed by atoms with Gasteiger partial charge in [-0.15, -0.1) is 0 Å². The summed E-state index contributed by atoms with van der Waals surface area (Å²) in [4.78, 5) is 10.7. The van der Waals surface area contributed by atoms with Crippen LogP contribution < -0.4 is 0 Å². The zero-order chi connectivity index (χ0) is 38.1. The van der Waals surface area contributed by atoms with Crippen LogP contribution in [0.4, 0.5) is 0 Å². The van der Waals surface area contributed by atoms with E-state index in [9.17, 15) is 0 Å². The van der Waals surface area contributed by atoms with Crippen LogP contribution in [0.15, 0.2) is 194 Å². The molecule has 268 valence electrons. The van der Waals surface area contributed by atoms with Gasteiger partial charge in [-0.05, 0) is 101 Å². The molecule has 1 aliphatic rings. The Kier molecular flexibility index (Phi) is 7.55. The van der Waals surface area contributed by atoms with E-state index in [2.05, 4.69) is 196 Å². The molecule has 0 bridgehead atoms. The van der Waals surface area contributed by atoms with Crippen molar-refractivity contribution >= 4 is 32.6 Å². The molecule has 1 aromatic heterocycles. The number of nitrogens with zero attached hydrogens (tertiary/aromatic N) is 2. The normalized spacial score (nSPS) is 12.9. The lowest BCUT2D eigenvalue weighted by Crippen LogP contribution is -2.14. The van der Waals surface area contributed by atoms with Gasteiger partial charge in [-0.1, -0.05) is 184 Å². The van der Waals surface area contributed by atoms with Crippen LogP contribution in [0.1, 0.15) is 25.0 Å². The summed E-state index contributed by atoms with van der Waals surface area (Å²) in [5.41, 5.74) is 18.2. The summed E-state index contributed by atoms with van der Waals surface area (Å²) in [5, 5.41) is 4.89. The van der Waals surface area contributed by atoms with Gasteiger partial charge in [0, 0.05) is 16.5 Å². The summed E-state index contributed by atoms with van der Waals surface area (Å²) in [6.07, 6.45) is 0. The van der Waals surface area contributed by atoms with Gasteiger partial charge in [-0.3, -0.25) is 0 Å². The molecule has 2 heteroatoms. The average molecular weight is 727 g/mol. The van der Waals surface area contributed by atoms with Crippen molar-refractivity contribution in [3.05, 3.63) is 205 Å². The molecule has 0 aliphatic heterocycles. The number of aromatic nitrogens is 2. The first-order chi connectivity index (χ1) is 28.0. The van der Waals surface area contributed by atoms with Gasteiger partial charge in [0.25, 0.3) is 0 Å². The fourth-order valence-electron chi connectivity index (χ4n) is 9.27. The molecule has 0 saturated carbocycles. The molecule has 0 atom stereocenters. The lowest BCUT2D eigenvalue weighted by atomic mass is 9.80. The number of fused-ring (bicyclic) bond motifs is 6. The lowest BCUT2D eigenvalue weighted by Gasteiger charge is -2.23. The predicted molar refractivity (Wildman–Crippen MR) is 239 cm³/mol. The molecule has 0 saturated heterocycles. The number of benzene rings is 9. The van der Waals surface area contributed by atoms with Crippen molar-refractivity contribution in [2.45, 2.75) is 19.3 Å². The van der Waals surface area contributed by atoms with Crippen LogP contribution in [-0.4, -0.2) is 9.97 Å². The van der Waals surface area contributed by atoms with Crippen LogP contribution in [0.25, 0.3) is 99.6 Å². The van der Waals surface area contributed by atoms with Crippen molar-refractivity contribution in [3.8, 4) is 67.0 Å². The van der Waals surface area contributed by atoms with E-state index in [1.807, 2.05) is 12.1 Å². The van der Waals surface area contributed by atoms with E-state index in [0.29, 0.717) is 0 Å². The van der Waals surface area contributed by atoms with Gasteiger partial charge in [0.2, 0.25) is 0 Å². The summed E-state index contributed by atoms with van der Waals surface area (Å²) in [5.74, 6) is 0. The third-order valence-electron chi connectivity index (χ3n) is 12.1. The maximum Gasteiger partial charge on any atom is 0.0973 e. The minimum Gasteiger partial charge on any atom is -0.244 e. The highest BCUT2D eigenvalue weighted by Gasteiger charge is 2.35. The van der Waals surface area contributed by atoms with E-state index >= 15 is 0 Å². The van der Waals surface area contributed by atoms with Crippen molar-refractivity contribution in [2.24, 2.45) is 0 Å². The Balaban J connectivity index is 1.18. The number of rotatable bonds is 5. The monoisotopic (exact) mass is 726 g/mol. The predicted octanol–water partition coefficient (Wildman–Crippen LogP) is 14.6. The minimum absolute atomic E-state index is 0.103. The van der Waals surface area contributed by atoms with Gasteiger partial charge < -0.3 is 0 Å². The van der Waals surface area contributed by atoms with Gasteiger partial charge in [0.15, 0.2) is 0 Å². The van der Waals surface area contributed by atoms with Crippen molar-refractivity contribution in [1.29, 1.82) is 0 Å². The summed E-state index contributed by atoms with van der Waals surface area (Å²) in [6.45, 7) is 4.73. The van der Waals surface area contributed by atoms with Crippen LogP contribution in [0.2, 0.25) is 0 Å². The Morgan fingerprint density at radius 3 is 1.49 bits per heavy atom. The third kappa shape index (κ3) is 5.33. The van der Waals surface area contributed by atoms with Gasteiger partial charge in [-0.2, -0.15) is 0 Å². The molecule has 11 rings (SSSR count). The smallest absolute Gasteiger partial charge is 0.0973 e. The molecular weight excluding hydrogens is 689 g/mol. The van der Waals surface area contributed by atoms with E-state index < -0.39 is 0 Å². The Morgan fingerprint density at radius 1 is 0.316 bits per heavy atom. The fourth-order valence-corrected chi connectivity index (χ4v) is 9.27. The van der Waals surface area contributed by atoms with Crippen molar-refractivity contribution in [2.75, 3.05) is 0 Å². The minimum atomic E-state index is -0.103. The summed E-state index contributed by atoms with van der Waals surface area (Å²) >= 11 is 0. The highest BCUT2D eigenvalue weighted by atomic mass is 14.8. The Bertz CT molecular complexity index is 3180. The topological polar surface area (TPSA) is 25.8 Å². The number of hydrogen-bond acceptors (Lipinski definition) is 2. The molecule has 0 fully saturated rings. The highest BCUT2D eigenvalue weighted by Crippen LogP contribution is 2.51. The molecule has 0 N–H and O–H groups in total. The molecule has 1 aliphatic carbocycles. The van der Waals surface area contributed by atoms with Gasteiger partial charge in [-0.25, -0.2) is 9.97 Å². The second kappa shape index (κ2) is 13.0. The van der Waals surface area contributed by atoms with Gasteiger partial charge in [0.05, 0.1) is 22.4 Å². The second-order valence-electron chi connectivity index (χ2n) is 15.7. The van der Waals surface area contributed by atoms with Gasteiger partial charge in [0.1, 0.15) is 0 Å². The van der Waals surface area contributed by atoms with Crippen LogP contribution in [-0.2, 0) is 5.41 Å². The highest BCUT2D eigenvalue weighted by molar-refractivity contribution is 6.22. The van der Waals surface area contributed by atoms with Crippen molar-refractivity contribution < 1.29 is 0 Å². The van der Waals surface area contributed by atoms with Crippen molar-refractivity contribution in [3.63, 3.8) is 0 Å². The van der Waals surface area contributed by atoms with E-state index in [0.717, 1.165) is 39.1 Å². The quantitative estimate of drug-likeness (QED) is 0.165. The molecule has 9 aromatic carbocycles. The average Bonchev–Trinajstić information content (AvgIpc) is 3.50. The van der Waals surface area contributed by atoms with Crippen LogP contribution in [0.3, 0.4) is 0 Å². The van der Waals surface area contributed by atoms with Crippen LogP contribution >= 0.6 is 0 Å². The first-order valence-corrected chi connectivity index (χ1v) is 19.7. The molecule has 10 aromatic rings. The molecule has 0 amide bonds. The summed E-state index contributed by atoms with van der Waals surface area (Å²) in [6, 6.07) is 70.2. The van der Waals surface area contributed by atoms with E-state index in [1.54, 1.807) is 0 Å². The second-order valence-corrected chi connectivity index (χ2v) is 15.7. The van der Waals surface area contributed by atoms with Crippen LogP contribution in [0, 0.1) is 0 Å². The summed E-state index contributed by atoms with van der Waals surface area (Å²) < 4.78 is 0. The maximum absolute atomic E-state index is 5.39. The van der Waals surface area contributed by atoms with Crippen molar-refractivity contribution in [1.82, 2.24) is 9.97 Å². The SMILES string of the molecule is CC1(C)c2ccccc2-c2ccc(-c3c4ccccc4c(-c4ccc5nc(-c6ccccc6)c(-c6ccccc6)nc5c4)c4ccc(-c5ccccc5)cc34)cc21. The van der Waals surface area contributed by atoms with Gasteiger partial charge >= 0.3 is 0 Å². The molecule has 0 spiro atoms. The van der Waals surface area contributed by atoms with E-state index in [-0.39, 0.29) is 5.41 Å². The molecule has 0 radical (unpaired) electrons. The lowest BCUT2D eigenvalue weighted by molar-refractivity contribution is 0.660. The molecule has 2 nitrogen and oxygen atoms in total. The Morgan fingerprint density at radius 2 is 0.807 bits per heavy atom. The zero-order valence-electron chi connectivity index (χ0n) is 31.9. The molecular formula is C55H38N2. The zero-order valence-corrected chi connectivity index (χ0v) is 31.9. The Hall–Kier alpha value is -7.16. The molecule has 57 heavy (non-hydrogen) atoms. The molecule has 1 heterocycles. The summed E-state index contributed by atoms with van der Waals surface area (Å²) in [7, 11) is 0. The largest absolute Gasteiger partial charge is 0.244 e. The standard InChI is InChI=1S/C55H38N2/c1-55(2)47-25-15-14-22-41(47)42-29-27-39(33-48(42)55)52-44-24-13-12-23-43(44)51(45-30-26-38(32-46(45)52)35-16-6-3-7-17-35)40-28-31-49-50(34-40)57-54(37-20-10-5-11-21-37)53(56-49)36-18-8-4-9-19-36/h3-34H,1-2H3. The van der Waals surface area contributed by atoms with Crippen LogP contribution in [0.5, 0.6) is 0 Å². The third-order valence-corrected chi connectivity index (χ3v) is 12.1. The first kappa shape index (κ1) is 33.2. The molecule has 0 unspecified atom stereocenters. The van der Waals surface area contributed by atoms with E-state index in [4.69, 9.17) is 9.97 Å². The van der Waals surface area contributed by atoms with E-state index in [1.165, 1.54) is 71.6 Å². The Labute approximate surface area is 332 Å².